The summed E-state index contributed by atoms with van der Waals surface area (Å²) in [6.45, 7) is 4.49. The summed E-state index contributed by atoms with van der Waals surface area (Å²) in [6.07, 6.45) is 1.73. The maximum Gasteiger partial charge on any atom is 0.224 e. The lowest BCUT2D eigenvalue weighted by Gasteiger charge is -2.37. The number of carbonyl (C=O) groups excluding carboxylic acids is 1. The highest BCUT2D eigenvalue weighted by molar-refractivity contribution is 5.79. The van der Waals surface area contributed by atoms with E-state index in [2.05, 4.69) is 39.4 Å². The predicted molar refractivity (Wildman–Crippen MR) is 122 cm³/mol. The number of likely N-dealkylation sites (N-methyl/N-ethyl adjacent to an activating group) is 1. The first kappa shape index (κ1) is 23.2. The molecule has 1 amide bonds. The Bertz CT molecular complexity index is 815. The van der Waals surface area contributed by atoms with Gasteiger partial charge in [-0.05, 0) is 44.6 Å². The fourth-order valence-electron chi connectivity index (χ4n) is 4.05. The minimum atomic E-state index is -0.302. The van der Waals surface area contributed by atoms with E-state index in [1.165, 1.54) is 17.7 Å². The number of likely N-dealkylation sites (tertiary alicyclic amines) is 1. The van der Waals surface area contributed by atoms with Gasteiger partial charge in [0.25, 0.3) is 0 Å². The van der Waals surface area contributed by atoms with Crippen LogP contribution >= 0.6 is 0 Å². The van der Waals surface area contributed by atoms with Crippen molar-refractivity contribution in [1.29, 1.82) is 0 Å². The van der Waals surface area contributed by atoms with Crippen molar-refractivity contribution in [2.45, 2.75) is 12.8 Å². The largest absolute Gasteiger partial charge is 0.493 e. The summed E-state index contributed by atoms with van der Waals surface area (Å²) in [5.74, 6) is 0.504. The number of ether oxygens (including phenoxy) is 1. The van der Waals surface area contributed by atoms with Crippen molar-refractivity contribution in [3.63, 3.8) is 0 Å². The molecule has 0 aliphatic carbocycles. The van der Waals surface area contributed by atoms with Crippen molar-refractivity contribution < 1.29 is 13.9 Å². The van der Waals surface area contributed by atoms with E-state index < -0.39 is 0 Å². The van der Waals surface area contributed by atoms with E-state index in [0.29, 0.717) is 18.9 Å². The summed E-state index contributed by atoms with van der Waals surface area (Å²) in [5.41, 5.74) is 1.30. The Kier molecular flexibility index (Phi) is 8.85. The normalized spacial score (nSPS) is 19.4. The molecule has 1 heterocycles. The maximum atomic E-state index is 13.5. The van der Waals surface area contributed by atoms with Crippen molar-refractivity contribution >= 4 is 5.91 Å². The van der Waals surface area contributed by atoms with Gasteiger partial charge in [-0.1, -0.05) is 36.4 Å². The third-order valence-electron chi connectivity index (χ3n) is 5.68. The second-order valence-corrected chi connectivity index (χ2v) is 8.66. The van der Waals surface area contributed by atoms with Crippen LogP contribution in [0, 0.1) is 17.7 Å². The van der Waals surface area contributed by atoms with E-state index in [4.69, 9.17) is 4.74 Å². The Morgan fingerprint density at radius 3 is 2.71 bits per heavy atom. The molecular weight excluding hydrogens is 393 g/mol. The van der Waals surface area contributed by atoms with Crippen LogP contribution in [0.1, 0.15) is 12.0 Å². The average molecular weight is 428 g/mol. The van der Waals surface area contributed by atoms with Crippen molar-refractivity contribution in [2.75, 3.05) is 53.4 Å². The van der Waals surface area contributed by atoms with Gasteiger partial charge in [-0.2, -0.15) is 0 Å². The second-order valence-electron chi connectivity index (χ2n) is 8.66. The standard InChI is InChI=1S/C25H34FN3O2/c1-28(2)14-12-27-25(30)22-15-21(19-31-24-10-6-9-23(26)16-24)17-29(18-22)13-11-20-7-4-3-5-8-20/h3-10,16,21-22H,11-15,17-19H2,1-2H3,(H,27,30)/t21-,22+/m0/s1. The van der Waals surface area contributed by atoms with E-state index in [0.717, 1.165) is 39.0 Å². The lowest BCUT2D eigenvalue weighted by Crippen LogP contribution is -2.48. The molecule has 6 heteroatoms. The van der Waals surface area contributed by atoms with E-state index in [-0.39, 0.29) is 23.6 Å². The third-order valence-corrected chi connectivity index (χ3v) is 5.68. The molecule has 0 bridgehead atoms. The average Bonchev–Trinajstić information content (AvgIpc) is 2.76. The molecular formula is C25H34FN3O2. The topological polar surface area (TPSA) is 44.8 Å². The number of hydrogen-bond acceptors (Lipinski definition) is 4. The lowest BCUT2D eigenvalue weighted by atomic mass is 9.88. The minimum Gasteiger partial charge on any atom is -0.493 e. The molecule has 1 saturated heterocycles. The zero-order valence-electron chi connectivity index (χ0n) is 18.6. The first-order valence-electron chi connectivity index (χ1n) is 11.1. The van der Waals surface area contributed by atoms with Crippen LogP contribution in [0.5, 0.6) is 5.75 Å². The molecule has 2 aromatic rings. The van der Waals surface area contributed by atoms with Crippen LogP contribution < -0.4 is 10.1 Å². The van der Waals surface area contributed by atoms with Gasteiger partial charge in [-0.15, -0.1) is 0 Å². The highest BCUT2D eigenvalue weighted by Gasteiger charge is 2.31. The number of hydrogen-bond donors (Lipinski definition) is 1. The lowest BCUT2D eigenvalue weighted by molar-refractivity contribution is -0.127. The quantitative estimate of drug-likeness (QED) is 0.633. The van der Waals surface area contributed by atoms with Crippen molar-refractivity contribution in [1.82, 2.24) is 15.1 Å². The molecule has 168 valence electrons. The number of halogens is 1. The summed E-state index contributed by atoms with van der Waals surface area (Å²) in [4.78, 5) is 17.2. The number of carbonyl (C=O) groups is 1. The SMILES string of the molecule is CN(C)CCNC(=O)[C@@H]1C[C@H](COc2cccc(F)c2)CN(CCc2ccccc2)C1. The van der Waals surface area contributed by atoms with Crippen molar-refractivity contribution in [2.24, 2.45) is 11.8 Å². The molecule has 1 aliphatic heterocycles. The molecule has 0 saturated carbocycles. The summed E-state index contributed by atoms with van der Waals surface area (Å²) in [5, 5.41) is 3.08. The highest BCUT2D eigenvalue weighted by Crippen LogP contribution is 2.24. The Balaban J connectivity index is 1.59. The van der Waals surface area contributed by atoms with Crippen molar-refractivity contribution in [3.8, 4) is 5.75 Å². The van der Waals surface area contributed by atoms with Gasteiger partial charge in [0, 0.05) is 44.7 Å². The summed E-state index contributed by atoms with van der Waals surface area (Å²) >= 11 is 0. The van der Waals surface area contributed by atoms with Gasteiger partial charge in [-0.25, -0.2) is 4.39 Å². The van der Waals surface area contributed by atoms with Crippen LogP contribution in [0.4, 0.5) is 4.39 Å². The molecule has 3 rings (SSSR count). The Morgan fingerprint density at radius 2 is 1.97 bits per heavy atom. The number of piperidine rings is 1. The Hall–Kier alpha value is -2.44. The number of nitrogens with zero attached hydrogens (tertiary/aromatic N) is 2. The van der Waals surface area contributed by atoms with Gasteiger partial charge in [0.2, 0.25) is 5.91 Å². The molecule has 0 radical (unpaired) electrons. The van der Waals surface area contributed by atoms with E-state index >= 15 is 0 Å². The van der Waals surface area contributed by atoms with Gasteiger partial charge in [0.15, 0.2) is 0 Å². The van der Waals surface area contributed by atoms with Crippen LogP contribution in [-0.4, -0.2) is 69.1 Å². The zero-order chi connectivity index (χ0) is 22.1. The van der Waals surface area contributed by atoms with Gasteiger partial charge >= 0.3 is 0 Å². The summed E-state index contributed by atoms with van der Waals surface area (Å²) in [6, 6.07) is 16.7. The van der Waals surface area contributed by atoms with Crippen molar-refractivity contribution in [3.05, 3.63) is 66.0 Å². The number of nitrogens with one attached hydrogen (secondary N) is 1. The van der Waals surface area contributed by atoms with Crippen LogP contribution in [0.15, 0.2) is 54.6 Å². The van der Waals surface area contributed by atoms with Crippen LogP contribution in [0.2, 0.25) is 0 Å². The molecule has 5 nitrogen and oxygen atoms in total. The molecule has 1 N–H and O–H groups in total. The van der Waals surface area contributed by atoms with Gasteiger partial charge in [-0.3, -0.25) is 4.79 Å². The van der Waals surface area contributed by atoms with E-state index in [1.807, 2.05) is 20.2 Å². The number of rotatable bonds is 10. The van der Waals surface area contributed by atoms with Gasteiger partial charge in [0.1, 0.15) is 11.6 Å². The zero-order valence-corrected chi connectivity index (χ0v) is 18.6. The number of amides is 1. The van der Waals surface area contributed by atoms with Crippen LogP contribution in [-0.2, 0) is 11.2 Å². The Morgan fingerprint density at radius 1 is 1.16 bits per heavy atom. The number of benzene rings is 2. The fourth-order valence-corrected chi connectivity index (χ4v) is 4.05. The van der Waals surface area contributed by atoms with Crippen LogP contribution in [0.3, 0.4) is 0 Å². The fraction of sp³-hybridized carbons (Fsp3) is 0.480. The van der Waals surface area contributed by atoms with Gasteiger partial charge < -0.3 is 19.9 Å². The molecule has 1 aliphatic rings. The first-order valence-corrected chi connectivity index (χ1v) is 11.1. The van der Waals surface area contributed by atoms with E-state index in [1.54, 1.807) is 12.1 Å². The highest BCUT2D eigenvalue weighted by atomic mass is 19.1. The molecule has 1 fully saturated rings. The first-order chi connectivity index (χ1) is 15.0. The second kappa shape index (κ2) is 11.8. The molecule has 2 aromatic carbocycles. The van der Waals surface area contributed by atoms with Crippen LogP contribution in [0.25, 0.3) is 0 Å². The predicted octanol–water partition coefficient (Wildman–Crippen LogP) is 3.06. The maximum absolute atomic E-state index is 13.5. The summed E-state index contributed by atoms with van der Waals surface area (Å²) in [7, 11) is 4.00. The third kappa shape index (κ3) is 7.96. The smallest absolute Gasteiger partial charge is 0.224 e. The molecule has 0 aromatic heterocycles. The molecule has 31 heavy (non-hydrogen) atoms. The monoisotopic (exact) mass is 427 g/mol. The van der Waals surface area contributed by atoms with E-state index in [9.17, 15) is 9.18 Å². The molecule has 2 atom stereocenters. The molecule has 0 unspecified atom stereocenters. The minimum absolute atomic E-state index is 0.0622. The molecule has 0 spiro atoms. The Labute approximate surface area is 185 Å². The van der Waals surface area contributed by atoms with Gasteiger partial charge in [0.05, 0.1) is 12.5 Å². The summed E-state index contributed by atoms with van der Waals surface area (Å²) < 4.78 is 19.3.